The quantitative estimate of drug-likeness (QED) is 0.272. The topological polar surface area (TPSA) is 79.9 Å². The predicted octanol–water partition coefficient (Wildman–Crippen LogP) is 4.48. The van der Waals surface area contributed by atoms with Crippen LogP contribution in [0.3, 0.4) is 0 Å². The van der Waals surface area contributed by atoms with Gasteiger partial charge in [0.2, 0.25) is 0 Å². The van der Waals surface area contributed by atoms with E-state index in [9.17, 15) is 9.59 Å². The summed E-state index contributed by atoms with van der Waals surface area (Å²) in [6, 6.07) is 23.0. The van der Waals surface area contributed by atoms with Crippen molar-refractivity contribution in [2.24, 2.45) is 0 Å². The number of fused-ring (bicyclic) bond motifs is 1. The molecule has 1 aliphatic heterocycles. The Morgan fingerprint density at radius 1 is 0.943 bits per heavy atom. The van der Waals surface area contributed by atoms with Gasteiger partial charge in [0.25, 0.3) is 5.91 Å². The molecule has 0 fully saturated rings. The van der Waals surface area contributed by atoms with E-state index >= 15 is 0 Å². The molecule has 0 aliphatic carbocycles. The lowest BCUT2D eigenvalue weighted by atomic mass is 9.99. The first-order valence-corrected chi connectivity index (χ1v) is 11.4. The Kier molecular flexibility index (Phi) is 7.60. The number of amides is 1. The van der Waals surface area contributed by atoms with Gasteiger partial charge in [0, 0.05) is 24.9 Å². The number of hydrogen-bond donors (Lipinski definition) is 2. The summed E-state index contributed by atoms with van der Waals surface area (Å²) in [4.78, 5) is 27.6. The Hall–Kier alpha value is -3.94. The highest BCUT2D eigenvalue weighted by Gasteiger charge is 2.29. The number of nitrogens with one attached hydrogen (secondary N) is 2. The Balaban J connectivity index is 1.70. The van der Waals surface area contributed by atoms with E-state index in [1.54, 1.807) is 25.3 Å². The summed E-state index contributed by atoms with van der Waals surface area (Å²) in [5, 5.41) is 6.36. The van der Waals surface area contributed by atoms with Gasteiger partial charge in [-0.3, -0.25) is 4.79 Å². The summed E-state index contributed by atoms with van der Waals surface area (Å²) in [6.07, 6.45) is 0. The molecular weight excluding hydrogens is 442 g/mol. The first kappa shape index (κ1) is 24.2. The minimum absolute atomic E-state index is 0.166. The number of nitrogens with zero attached hydrogens (tertiary/aromatic N) is 1. The number of rotatable bonds is 9. The molecule has 0 unspecified atom stereocenters. The average Bonchev–Trinajstić information content (AvgIpc) is 3.18. The third kappa shape index (κ3) is 5.77. The van der Waals surface area contributed by atoms with Gasteiger partial charge in [-0.05, 0) is 49.5 Å². The standard InChI is InChI=1S/C28H29N3O4/c1-31(2)18-19-9-12-22(13-10-19)29-26(20-7-5-4-6-8-20)25-23-14-11-21(17-24(23)30-27(25)32)28(33)35-16-15-34-3/h4-14,17,29H,15-16,18H2,1-3H3,(H,30,32)/b26-25-. The summed E-state index contributed by atoms with van der Waals surface area (Å²) in [7, 11) is 5.61. The third-order valence-corrected chi connectivity index (χ3v) is 5.56. The van der Waals surface area contributed by atoms with Crippen LogP contribution in [0.1, 0.15) is 27.0 Å². The maximum absolute atomic E-state index is 13.2. The molecule has 0 bridgehead atoms. The molecule has 1 aliphatic rings. The summed E-state index contributed by atoms with van der Waals surface area (Å²) in [5.41, 5.74) is 5.82. The molecule has 7 nitrogen and oxygen atoms in total. The van der Waals surface area contributed by atoms with Crippen LogP contribution < -0.4 is 10.6 Å². The molecule has 0 radical (unpaired) electrons. The van der Waals surface area contributed by atoms with Crippen LogP contribution in [0.4, 0.5) is 11.4 Å². The summed E-state index contributed by atoms with van der Waals surface area (Å²) in [6.45, 7) is 1.33. The number of carbonyl (C=O) groups excluding carboxylic acids is 2. The molecule has 4 rings (SSSR count). The van der Waals surface area contributed by atoms with Gasteiger partial charge in [-0.25, -0.2) is 4.79 Å². The minimum atomic E-state index is -0.462. The third-order valence-electron chi connectivity index (χ3n) is 5.56. The number of benzene rings is 3. The second-order valence-corrected chi connectivity index (χ2v) is 8.52. The highest BCUT2D eigenvalue weighted by molar-refractivity contribution is 6.37. The van der Waals surface area contributed by atoms with E-state index in [4.69, 9.17) is 9.47 Å². The molecule has 0 saturated heterocycles. The molecule has 1 heterocycles. The highest BCUT2D eigenvalue weighted by Crippen LogP contribution is 2.38. The number of methoxy groups -OCH3 is 1. The predicted molar refractivity (Wildman–Crippen MR) is 138 cm³/mol. The van der Waals surface area contributed by atoms with Crippen molar-refractivity contribution in [2.45, 2.75) is 6.54 Å². The van der Waals surface area contributed by atoms with Crippen molar-refractivity contribution in [3.63, 3.8) is 0 Å². The molecule has 0 atom stereocenters. The van der Waals surface area contributed by atoms with Gasteiger partial charge < -0.3 is 25.0 Å². The van der Waals surface area contributed by atoms with Gasteiger partial charge in [0.1, 0.15) is 6.61 Å². The summed E-state index contributed by atoms with van der Waals surface area (Å²) >= 11 is 0. The Bertz CT molecular complexity index is 1230. The maximum atomic E-state index is 13.2. The smallest absolute Gasteiger partial charge is 0.338 e. The van der Waals surface area contributed by atoms with Crippen molar-refractivity contribution in [1.82, 2.24) is 4.90 Å². The van der Waals surface area contributed by atoms with Crippen LogP contribution in [-0.4, -0.2) is 51.2 Å². The Labute approximate surface area is 205 Å². The largest absolute Gasteiger partial charge is 0.460 e. The van der Waals surface area contributed by atoms with Crippen molar-refractivity contribution in [1.29, 1.82) is 0 Å². The van der Waals surface area contributed by atoms with Crippen LogP contribution in [-0.2, 0) is 20.8 Å². The fourth-order valence-electron chi connectivity index (χ4n) is 3.94. The van der Waals surface area contributed by atoms with Crippen LogP contribution in [0.5, 0.6) is 0 Å². The minimum Gasteiger partial charge on any atom is -0.460 e. The lowest BCUT2D eigenvalue weighted by molar-refractivity contribution is -0.110. The second-order valence-electron chi connectivity index (χ2n) is 8.52. The van der Waals surface area contributed by atoms with E-state index in [2.05, 4.69) is 27.7 Å². The van der Waals surface area contributed by atoms with Crippen molar-refractivity contribution >= 4 is 34.5 Å². The first-order chi connectivity index (χ1) is 17.0. The van der Waals surface area contributed by atoms with Gasteiger partial charge >= 0.3 is 5.97 Å². The number of hydrogen-bond acceptors (Lipinski definition) is 6. The van der Waals surface area contributed by atoms with Crippen LogP contribution >= 0.6 is 0 Å². The van der Waals surface area contributed by atoms with Gasteiger partial charge in [-0.1, -0.05) is 48.5 Å². The summed E-state index contributed by atoms with van der Waals surface area (Å²) < 4.78 is 10.1. The molecule has 1 amide bonds. The fourth-order valence-corrected chi connectivity index (χ4v) is 3.94. The second kappa shape index (κ2) is 11.0. The first-order valence-electron chi connectivity index (χ1n) is 11.4. The van der Waals surface area contributed by atoms with E-state index in [-0.39, 0.29) is 12.5 Å². The van der Waals surface area contributed by atoms with Crippen molar-refractivity contribution < 1.29 is 19.1 Å². The highest BCUT2D eigenvalue weighted by atomic mass is 16.6. The van der Waals surface area contributed by atoms with Gasteiger partial charge in [0.05, 0.1) is 29.1 Å². The molecule has 35 heavy (non-hydrogen) atoms. The van der Waals surface area contributed by atoms with Crippen molar-refractivity contribution in [3.05, 3.63) is 95.1 Å². The van der Waals surface area contributed by atoms with Gasteiger partial charge in [0.15, 0.2) is 0 Å². The molecule has 2 N–H and O–H groups in total. The lowest BCUT2D eigenvalue weighted by Crippen LogP contribution is -2.11. The number of ether oxygens (including phenoxy) is 2. The molecule has 180 valence electrons. The molecule has 3 aromatic carbocycles. The van der Waals surface area contributed by atoms with Crippen LogP contribution in [0, 0.1) is 0 Å². The van der Waals surface area contributed by atoms with Crippen molar-refractivity contribution in [3.8, 4) is 0 Å². The zero-order valence-electron chi connectivity index (χ0n) is 20.1. The van der Waals surface area contributed by atoms with Gasteiger partial charge in [-0.2, -0.15) is 0 Å². The van der Waals surface area contributed by atoms with E-state index in [0.29, 0.717) is 29.1 Å². The van der Waals surface area contributed by atoms with E-state index < -0.39 is 5.97 Å². The number of carbonyl (C=O) groups is 2. The van der Waals surface area contributed by atoms with Crippen LogP contribution in [0.2, 0.25) is 0 Å². The number of esters is 1. The fraction of sp³-hybridized carbons (Fsp3) is 0.214. The molecular formula is C28H29N3O4. The SMILES string of the molecule is COCCOC(=O)c1ccc2c(c1)NC(=O)/C2=C(\Nc1ccc(CN(C)C)cc1)c1ccccc1. The lowest BCUT2D eigenvalue weighted by Gasteiger charge is -2.16. The van der Waals surface area contributed by atoms with E-state index in [0.717, 1.165) is 23.4 Å². The van der Waals surface area contributed by atoms with E-state index in [1.165, 1.54) is 5.56 Å². The van der Waals surface area contributed by atoms with E-state index in [1.807, 2.05) is 56.6 Å². The normalized spacial score (nSPS) is 13.9. The Morgan fingerprint density at radius 3 is 2.37 bits per heavy atom. The zero-order chi connectivity index (χ0) is 24.8. The molecule has 0 aromatic heterocycles. The molecule has 0 saturated carbocycles. The van der Waals surface area contributed by atoms with Gasteiger partial charge in [-0.15, -0.1) is 0 Å². The average molecular weight is 472 g/mol. The molecule has 3 aromatic rings. The zero-order valence-corrected chi connectivity index (χ0v) is 20.1. The Morgan fingerprint density at radius 2 is 1.69 bits per heavy atom. The number of anilines is 2. The molecule has 0 spiro atoms. The van der Waals surface area contributed by atoms with Crippen LogP contribution in [0.15, 0.2) is 72.8 Å². The molecule has 7 heteroatoms. The monoisotopic (exact) mass is 471 g/mol. The summed E-state index contributed by atoms with van der Waals surface area (Å²) in [5.74, 6) is -0.698. The van der Waals surface area contributed by atoms with Crippen molar-refractivity contribution in [2.75, 3.05) is 45.1 Å². The maximum Gasteiger partial charge on any atom is 0.338 e. The van der Waals surface area contributed by atoms with Crippen LogP contribution in [0.25, 0.3) is 11.3 Å².